The van der Waals surface area contributed by atoms with Crippen molar-refractivity contribution in [3.05, 3.63) is 35.4 Å². The molecule has 80 valence electrons. The van der Waals surface area contributed by atoms with E-state index in [9.17, 15) is 13.6 Å². The van der Waals surface area contributed by atoms with Gasteiger partial charge in [-0.3, -0.25) is 4.79 Å². The van der Waals surface area contributed by atoms with Gasteiger partial charge in [0.05, 0.1) is 5.92 Å². The average Bonchev–Trinajstić information content (AvgIpc) is 2.78. The molecule has 0 heterocycles. The summed E-state index contributed by atoms with van der Waals surface area (Å²) in [5, 5.41) is 8.79. The number of carboxylic acid groups (broad SMARTS) is 1. The number of carbonyl (C=O) groups is 1. The van der Waals surface area contributed by atoms with Gasteiger partial charge in [-0.2, -0.15) is 0 Å². The first-order chi connectivity index (χ1) is 6.97. The molecule has 0 radical (unpaired) electrons. The molecule has 1 aromatic rings. The molecule has 0 amide bonds. The van der Waals surface area contributed by atoms with Crippen molar-refractivity contribution >= 4 is 5.97 Å². The van der Waals surface area contributed by atoms with Crippen LogP contribution < -0.4 is 0 Å². The lowest BCUT2D eigenvalue weighted by atomic mass is 9.94. The highest BCUT2D eigenvalue weighted by atomic mass is 19.1. The van der Waals surface area contributed by atoms with E-state index in [0.29, 0.717) is 6.42 Å². The molecule has 1 aromatic carbocycles. The molecule has 1 saturated carbocycles. The van der Waals surface area contributed by atoms with Crippen LogP contribution in [0.2, 0.25) is 0 Å². The predicted octanol–water partition coefficient (Wildman–Crippen LogP) is 2.33. The molecule has 0 spiro atoms. The smallest absolute Gasteiger partial charge is 0.307 e. The van der Waals surface area contributed by atoms with Crippen molar-refractivity contribution in [2.24, 2.45) is 5.92 Å². The Morgan fingerprint density at radius 1 is 1.47 bits per heavy atom. The van der Waals surface area contributed by atoms with E-state index in [-0.39, 0.29) is 5.56 Å². The molecular weight excluding hydrogens is 202 g/mol. The molecule has 0 unspecified atom stereocenters. The summed E-state index contributed by atoms with van der Waals surface area (Å²) in [4.78, 5) is 10.7. The summed E-state index contributed by atoms with van der Waals surface area (Å²) >= 11 is 0. The van der Waals surface area contributed by atoms with Crippen LogP contribution >= 0.6 is 0 Å². The number of hydrogen-bond donors (Lipinski definition) is 1. The second-order valence-electron chi connectivity index (χ2n) is 4.11. The van der Waals surface area contributed by atoms with Crippen molar-refractivity contribution in [3.8, 4) is 0 Å². The first kappa shape index (κ1) is 10.1. The van der Waals surface area contributed by atoms with E-state index in [1.807, 2.05) is 0 Å². The van der Waals surface area contributed by atoms with Crippen LogP contribution in [0.5, 0.6) is 0 Å². The quantitative estimate of drug-likeness (QED) is 0.816. The third kappa shape index (κ3) is 1.40. The Balaban J connectivity index is 2.44. The summed E-state index contributed by atoms with van der Waals surface area (Å²) in [7, 11) is 0. The molecule has 0 bridgehead atoms. The molecule has 1 aliphatic carbocycles. The zero-order valence-electron chi connectivity index (χ0n) is 8.13. The Labute approximate surface area is 85.5 Å². The maximum absolute atomic E-state index is 13.4. The molecular formula is C11H10F2O2. The van der Waals surface area contributed by atoms with Gasteiger partial charge < -0.3 is 5.11 Å². The van der Waals surface area contributed by atoms with Crippen molar-refractivity contribution in [1.82, 2.24) is 0 Å². The summed E-state index contributed by atoms with van der Waals surface area (Å²) in [5.74, 6) is -3.01. The minimum Gasteiger partial charge on any atom is -0.481 e. The maximum Gasteiger partial charge on any atom is 0.307 e. The number of carboxylic acids is 1. The van der Waals surface area contributed by atoms with E-state index >= 15 is 0 Å². The number of aliphatic carboxylic acids is 1. The highest BCUT2D eigenvalue weighted by molar-refractivity contribution is 5.77. The van der Waals surface area contributed by atoms with Gasteiger partial charge in [0.2, 0.25) is 0 Å². The Morgan fingerprint density at radius 2 is 2.00 bits per heavy atom. The number of hydrogen-bond acceptors (Lipinski definition) is 1. The van der Waals surface area contributed by atoms with Crippen molar-refractivity contribution in [2.45, 2.75) is 18.8 Å². The summed E-state index contributed by atoms with van der Waals surface area (Å²) in [6.07, 6.45) is 0.292. The van der Waals surface area contributed by atoms with E-state index < -0.39 is 28.9 Å². The minimum absolute atomic E-state index is 0.0996. The predicted molar refractivity (Wildman–Crippen MR) is 49.5 cm³/mol. The molecule has 2 atom stereocenters. The van der Waals surface area contributed by atoms with Crippen LogP contribution in [-0.2, 0) is 10.2 Å². The van der Waals surface area contributed by atoms with Gasteiger partial charge in [-0.25, -0.2) is 8.78 Å². The van der Waals surface area contributed by atoms with Gasteiger partial charge in [0.25, 0.3) is 0 Å². The molecule has 0 aliphatic heterocycles. The molecule has 1 aliphatic rings. The lowest BCUT2D eigenvalue weighted by molar-refractivity contribution is -0.138. The largest absolute Gasteiger partial charge is 0.481 e. The fourth-order valence-corrected chi connectivity index (χ4v) is 2.04. The Kier molecular flexibility index (Phi) is 2.03. The molecule has 2 rings (SSSR count). The minimum atomic E-state index is -1.000. The van der Waals surface area contributed by atoms with E-state index in [0.717, 1.165) is 12.1 Å². The first-order valence-corrected chi connectivity index (χ1v) is 4.64. The average molecular weight is 212 g/mol. The second-order valence-corrected chi connectivity index (χ2v) is 4.11. The Morgan fingerprint density at radius 3 is 2.40 bits per heavy atom. The third-order valence-corrected chi connectivity index (χ3v) is 3.07. The van der Waals surface area contributed by atoms with Gasteiger partial charge in [0, 0.05) is 11.0 Å². The van der Waals surface area contributed by atoms with Crippen molar-refractivity contribution in [2.75, 3.05) is 0 Å². The van der Waals surface area contributed by atoms with Crippen molar-refractivity contribution in [3.63, 3.8) is 0 Å². The zero-order valence-corrected chi connectivity index (χ0v) is 8.13. The van der Waals surface area contributed by atoms with Crippen LogP contribution in [0.25, 0.3) is 0 Å². The summed E-state index contributed by atoms with van der Waals surface area (Å²) in [5.41, 5.74) is -0.987. The highest BCUT2D eigenvalue weighted by Crippen LogP contribution is 2.55. The molecule has 4 heteroatoms. The fraction of sp³-hybridized carbons (Fsp3) is 0.364. The topological polar surface area (TPSA) is 37.3 Å². The van der Waals surface area contributed by atoms with Crippen LogP contribution in [0.3, 0.4) is 0 Å². The maximum atomic E-state index is 13.4. The molecule has 15 heavy (non-hydrogen) atoms. The molecule has 2 nitrogen and oxygen atoms in total. The van der Waals surface area contributed by atoms with E-state index in [1.165, 1.54) is 6.07 Å². The second kappa shape index (κ2) is 3.02. The highest BCUT2D eigenvalue weighted by Gasteiger charge is 2.58. The molecule has 0 saturated heterocycles. The van der Waals surface area contributed by atoms with E-state index in [2.05, 4.69) is 0 Å². The van der Waals surface area contributed by atoms with Crippen molar-refractivity contribution in [1.29, 1.82) is 0 Å². The monoisotopic (exact) mass is 212 g/mol. The van der Waals surface area contributed by atoms with Crippen LogP contribution in [0.1, 0.15) is 18.9 Å². The van der Waals surface area contributed by atoms with E-state index in [4.69, 9.17) is 5.11 Å². The normalized spacial score (nSPS) is 28.9. The van der Waals surface area contributed by atoms with Crippen LogP contribution in [0, 0.1) is 17.6 Å². The van der Waals surface area contributed by atoms with Gasteiger partial charge in [0.1, 0.15) is 11.6 Å². The van der Waals surface area contributed by atoms with Crippen LogP contribution in [-0.4, -0.2) is 11.1 Å². The fourth-order valence-electron chi connectivity index (χ4n) is 2.04. The van der Waals surface area contributed by atoms with Gasteiger partial charge >= 0.3 is 5.97 Å². The Hall–Kier alpha value is -1.45. The summed E-state index contributed by atoms with van der Waals surface area (Å²) < 4.78 is 26.8. The van der Waals surface area contributed by atoms with Crippen LogP contribution in [0.4, 0.5) is 8.78 Å². The van der Waals surface area contributed by atoms with Crippen molar-refractivity contribution < 1.29 is 18.7 Å². The Bertz CT molecular complexity index is 410. The third-order valence-electron chi connectivity index (χ3n) is 3.07. The molecule has 1 fully saturated rings. The zero-order chi connectivity index (χ0) is 11.2. The van der Waals surface area contributed by atoms with Gasteiger partial charge in [-0.15, -0.1) is 0 Å². The first-order valence-electron chi connectivity index (χ1n) is 4.64. The van der Waals surface area contributed by atoms with Gasteiger partial charge in [0.15, 0.2) is 0 Å². The molecule has 1 N–H and O–H groups in total. The summed E-state index contributed by atoms with van der Waals surface area (Å²) in [6, 6.07) is 3.58. The number of halogens is 2. The lowest BCUT2D eigenvalue weighted by Gasteiger charge is -2.12. The summed E-state index contributed by atoms with van der Waals surface area (Å²) in [6.45, 7) is 1.58. The molecule has 0 aromatic heterocycles. The lowest BCUT2D eigenvalue weighted by Crippen LogP contribution is -2.14. The van der Waals surface area contributed by atoms with Gasteiger partial charge in [-0.1, -0.05) is 13.0 Å². The number of rotatable bonds is 2. The van der Waals surface area contributed by atoms with Gasteiger partial charge in [-0.05, 0) is 18.6 Å². The number of benzene rings is 1. The SMILES string of the molecule is C[C@]1(c2c(F)cccc2F)C[C@@H]1C(=O)O. The van der Waals surface area contributed by atoms with E-state index in [1.54, 1.807) is 6.92 Å². The van der Waals surface area contributed by atoms with Crippen LogP contribution in [0.15, 0.2) is 18.2 Å². The standard InChI is InChI=1S/C11H10F2O2/c1-11(5-6(11)10(14)15)9-7(12)3-2-4-8(9)13/h2-4,6H,5H2,1H3,(H,14,15)/t6-,11+/m1/s1.